The zero-order valence-electron chi connectivity index (χ0n) is 16.5. The van der Waals surface area contributed by atoms with Crippen molar-refractivity contribution in [3.63, 3.8) is 0 Å². The van der Waals surface area contributed by atoms with Gasteiger partial charge >= 0.3 is 0 Å². The number of hydrogen-bond donors (Lipinski definition) is 1. The Morgan fingerprint density at radius 1 is 0.968 bits per heavy atom. The first-order valence-corrected chi connectivity index (χ1v) is 11.2. The van der Waals surface area contributed by atoms with Crippen LogP contribution in [0.25, 0.3) is 0 Å². The molecule has 1 fully saturated rings. The third-order valence-electron chi connectivity index (χ3n) is 6.07. The average molecular weight is 447 g/mol. The summed E-state index contributed by atoms with van der Waals surface area (Å²) in [5, 5.41) is 15.3. The van der Waals surface area contributed by atoms with Crippen molar-refractivity contribution in [1.29, 1.82) is 0 Å². The summed E-state index contributed by atoms with van der Waals surface area (Å²) in [6.45, 7) is 0. The van der Waals surface area contributed by atoms with E-state index in [1.54, 1.807) is 12.1 Å². The van der Waals surface area contributed by atoms with Crippen LogP contribution in [0, 0.1) is 5.41 Å². The molecule has 0 aromatic heterocycles. The van der Waals surface area contributed by atoms with Crippen LogP contribution in [0.3, 0.4) is 0 Å². The minimum atomic E-state index is -0.915. The number of oxime groups is 1. The lowest BCUT2D eigenvalue weighted by atomic mass is 9.62. The largest absolute Gasteiger partial charge is 0.410 e. The number of benzene rings is 3. The smallest absolute Gasteiger partial charge is 0.176 e. The van der Waals surface area contributed by atoms with Crippen LogP contribution < -0.4 is 0 Å². The van der Waals surface area contributed by atoms with Gasteiger partial charge in [-0.1, -0.05) is 83.1 Å². The molecular formula is C25H19ClN2O2S. The Bertz CT molecular complexity index is 1210. The number of hydrogen-bond acceptors (Lipinski definition) is 5. The van der Waals surface area contributed by atoms with Crippen LogP contribution in [0.5, 0.6) is 0 Å². The Morgan fingerprint density at radius 3 is 2.42 bits per heavy atom. The van der Waals surface area contributed by atoms with Crippen molar-refractivity contribution < 1.29 is 10.0 Å². The van der Waals surface area contributed by atoms with E-state index < -0.39 is 11.3 Å². The highest BCUT2D eigenvalue weighted by atomic mass is 35.5. The normalized spacial score (nSPS) is 25.3. The SMILES string of the molecule is O=C1c2ccccc2CC[C@@]12C(=Nc1ccc(Cl)cc1)S/C(=N\O)[C@H]2c1ccccc1. The lowest BCUT2D eigenvalue weighted by molar-refractivity contribution is 0.0843. The van der Waals surface area contributed by atoms with Crippen LogP contribution in [0.2, 0.25) is 5.02 Å². The quantitative estimate of drug-likeness (QED) is 0.360. The monoisotopic (exact) mass is 446 g/mol. The third kappa shape index (κ3) is 3.29. The maximum Gasteiger partial charge on any atom is 0.176 e. The number of halogens is 1. The number of thioether (sulfide) groups is 1. The van der Waals surface area contributed by atoms with Crippen LogP contribution in [0.15, 0.2) is 89.0 Å². The third-order valence-corrected chi connectivity index (χ3v) is 7.49. The molecule has 0 amide bonds. The van der Waals surface area contributed by atoms with Crippen molar-refractivity contribution in [3.8, 4) is 0 Å². The summed E-state index contributed by atoms with van der Waals surface area (Å²) in [5.74, 6) is -0.363. The molecule has 1 spiro atoms. The van der Waals surface area contributed by atoms with Gasteiger partial charge in [0, 0.05) is 10.6 Å². The highest BCUT2D eigenvalue weighted by molar-refractivity contribution is 8.27. The maximum absolute atomic E-state index is 14.1. The number of aliphatic imine (C=N–C) groups is 1. The molecule has 154 valence electrons. The number of nitrogens with zero attached hydrogens (tertiary/aromatic N) is 2. The van der Waals surface area contributed by atoms with Crippen LogP contribution in [-0.2, 0) is 6.42 Å². The molecule has 31 heavy (non-hydrogen) atoms. The molecule has 0 radical (unpaired) electrons. The Kier molecular flexibility index (Phi) is 5.16. The topological polar surface area (TPSA) is 62.0 Å². The van der Waals surface area contributed by atoms with Crippen LogP contribution in [-0.4, -0.2) is 21.1 Å². The summed E-state index contributed by atoms with van der Waals surface area (Å²) < 4.78 is 0. The first-order chi connectivity index (χ1) is 15.1. The van der Waals surface area contributed by atoms with E-state index in [4.69, 9.17) is 16.6 Å². The second-order valence-electron chi connectivity index (χ2n) is 7.73. The van der Waals surface area contributed by atoms with Gasteiger partial charge in [0.05, 0.1) is 22.1 Å². The number of fused-ring (bicyclic) bond motifs is 1. The van der Waals surface area contributed by atoms with Gasteiger partial charge in [-0.2, -0.15) is 0 Å². The summed E-state index contributed by atoms with van der Waals surface area (Å²) in [7, 11) is 0. The summed E-state index contributed by atoms with van der Waals surface area (Å²) in [6.07, 6.45) is 1.35. The molecule has 2 aliphatic rings. The summed E-state index contributed by atoms with van der Waals surface area (Å²) in [6, 6.07) is 24.8. The zero-order valence-corrected chi connectivity index (χ0v) is 18.1. The fourth-order valence-corrected chi connectivity index (χ4v) is 6.08. The van der Waals surface area contributed by atoms with Crippen LogP contribution in [0.1, 0.15) is 33.8 Å². The van der Waals surface area contributed by atoms with E-state index in [9.17, 15) is 10.0 Å². The number of carbonyl (C=O) groups is 1. The van der Waals surface area contributed by atoms with Gasteiger partial charge in [0.25, 0.3) is 0 Å². The van der Waals surface area contributed by atoms with Gasteiger partial charge < -0.3 is 5.21 Å². The first kappa shape index (κ1) is 20.0. The molecule has 0 unspecified atom stereocenters. The van der Waals surface area contributed by atoms with Crippen molar-refractivity contribution in [2.24, 2.45) is 15.6 Å². The fourth-order valence-electron chi connectivity index (χ4n) is 4.61. The van der Waals surface area contributed by atoms with Crippen LogP contribution in [0.4, 0.5) is 5.69 Å². The van der Waals surface area contributed by atoms with E-state index in [-0.39, 0.29) is 5.78 Å². The van der Waals surface area contributed by atoms with Gasteiger partial charge in [0.15, 0.2) is 5.78 Å². The number of Topliss-reactive ketones (excluding diaryl/α,β-unsaturated/α-hetero) is 1. The lowest BCUT2D eigenvalue weighted by Crippen LogP contribution is -2.44. The highest BCUT2D eigenvalue weighted by Gasteiger charge is 2.59. The van der Waals surface area contributed by atoms with E-state index in [0.29, 0.717) is 27.2 Å². The molecule has 1 heterocycles. The summed E-state index contributed by atoms with van der Waals surface area (Å²) >= 11 is 7.33. The molecule has 1 saturated heterocycles. The van der Waals surface area contributed by atoms with Crippen LogP contribution >= 0.6 is 23.4 Å². The fraction of sp³-hybridized carbons (Fsp3) is 0.160. The molecule has 2 atom stereocenters. The molecule has 6 heteroatoms. The van der Waals surface area contributed by atoms with Gasteiger partial charge in [0.2, 0.25) is 0 Å². The van der Waals surface area contributed by atoms with Gasteiger partial charge in [-0.3, -0.25) is 4.79 Å². The summed E-state index contributed by atoms with van der Waals surface area (Å²) in [4.78, 5) is 19.0. The predicted molar refractivity (Wildman–Crippen MR) is 126 cm³/mol. The van der Waals surface area contributed by atoms with E-state index >= 15 is 0 Å². The second kappa shape index (κ2) is 7.98. The molecule has 5 rings (SSSR count). The first-order valence-electron chi connectivity index (χ1n) is 10.1. The van der Waals surface area contributed by atoms with E-state index in [1.807, 2.05) is 66.7 Å². The molecule has 3 aromatic carbocycles. The van der Waals surface area contributed by atoms with E-state index in [1.165, 1.54) is 11.8 Å². The lowest BCUT2D eigenvalue weighted by Gasteiger charge is -2.37. The number of ketones is 1. The Morgan fingerprint density at radius 2 is 1.68 bits per heavy atom. The second-order valence-corrected chi connectivity index (χ2v) is 9.18. The van der Waals surface area contributed by atoms with Crippen molar-refractivity contribution in [2.75, 3.05) is 0 Å². The number of aryl methyl sites for hydroxylation is 1. The van der Waals surface area contributed by atoms with Gasteiger partial charge in [-0.05, 0) is 48.2 Å². The molecule has 1 aliphatic heterocycles. The maximum atomic E-state index is 14.1. The summed E-state index contributed by atoms with van der Waals surface area (Å²) in [5.41, 5.74) is 2.51. The van der Waals surface area contributed by atoms with Crippen molar-refractivity contribution >= 4 is 44.9 Å². The Labute approximate surface area is 189 Å². The zero-order chi connectivity index (χ0) is 21.4. The number of rotatable bonds is 2. The van der Waals surface area contributed by atoms with Gasteiger partial charge in [-0.25, -0.2) is 4.99 Å². The molecule has 4 nitrogen and oxygen atoms in total. The molecular weight excluding hydrogens is 428 g/mol. The molecule has 1 N–H and O–H groups in total. The number of carbonyl (C=O) groups excluding carboxylic acids is 1. The van der Waals surface area contributed by atoms with Gasteiger partial charge in [-0.15, -0.1) is 0 Å². The standard InChI is InChI=1S/C25H19ClN2O2S/c26-18-10-12-19(13-11-18)27-24-25(15-14-16-6-4-5-9-20(16)22(25)29)21(23(28-30)31-24)17-7-2-1-3-8-17/h1-13,21,30H,14-15H2/b27-24?,28-23-/t21-,25+/m1/s1. The molecule has 1 aliphatic carbocycles. The Balaban J connectivity index is 1.74. The van der Waals surface area contributed by atoms with E-state index in [0.717, 1.165) is 23.1 Å². The van der Waals surface area contributed by atoms with Crippen molar-refractivity contribution in [1.82, 2.24) is 0 Å². The minimum absolute atomic E-state index is 0.0297. The van der Waals surface area contributed by atoms with Gasteiger partial charge in [0.1, 0.15) is 5.04 Å². The van der Waals surface area contributed by atoms with Crippen molar-refractivity contribution in [2.45, 2.75) is 18.8 Å². The average Bonchev–Trinajstić information content (AvgIpc) is 3.12. The van der Waals surface area contributed by atoms with E-state index in [2.05, 4.69) is 5.16 Å². The molecule has 0 saturated carbocycles. The molecule has 0 bridgehead atoms. The highest BCUT2D eigenvalue weighted by Crippen LogP contribution is 2.57. The molecule has 3 aromatic rings. The van der Waals surface area contributed by atoms with Crippen molar-refractivity contribution in [3.05, 3.63) is 101 Å². The Hall–Kier alpha value is -2.89. The minimum Gasteiger partial charge on any atom is -0.410 e. The predicted octanol–water partition coefficient (Wildman–Crippen LogP) is 6.50.